The Morgan fingerprint density at radius 1 is 1.15 bits per heavy atom. The fraction of sp³-hybridized carbons (Fsp3) is 0.429. The molecule has 4 rings (SSSR count). The molecule has 2 aromatic heterocycles. The summed E-state index contributed by atoms with van der Waals surface area (Å²) in [5.74, 6) is 0.250. The van der Waals surface area contributed by atoms with Crippen LogP contribution in [0.1, 0.15) is 36.9 Å². The summed E-state index contributed by atoms with van der Waals surface area (Å²) >= 11 is 1.59. The number of carbonyl (C=O) groups excluding carboxylic acids is 1. The Bertz CT molecular complexity index is 962. The molecule has 5 nitrogen and oxygen atoms in total. The SMILES string of the molecule is Cc1nnc(-c2ccc3cnc(CC(=O)[C@H](C)N4CCCCC4)cc3c2)s1. The van der Waals surface area contributed by atoms with Gasteiger partial charge in [-0.05, 0) is 57.3 Å². The van der Waals surface area contributed by atoms with Crippen molar-refractivity contribution in [3.63, 3.8) is 0 Å². The number of likely N-dealkylation sites (tertiary alicyclic amines) is 1. The summed E-state index contributed by atoms with van der Waals surface area (Å²) in [5.41, 5.74) is 1.89. The van der Waals surface area contributed by atoms with Gasteiger partial charge in [0.25, 0.3) is 0 Å². The zero-order valence-corrected chi connectivity index (χ0v) is 16.6. The molecule has 1 saturated heterocycles. The second kappa shape index (κ2) is 7.82. The minimum atomic E-state index is -0.0292. The van der Waals surface area contributed by atoms with Crippen LogP contribution in [0.4, 0.5) is 0 Å². The van der Waals surface area contributed by atoms with Crippen LogP contribution in [0.5, 0.6) is 0 Å². The van der Waals surface area contributed by atoms with E-state index in [1.807, 2.05) is 32.2 Å². The van der Waals surface area contributed by atoms with Gasteiger partial charge in [0.05, 0.1) is 12.5 Å². The van der Waals surface area contributed by atoms with Crippen LogP contribution < -0.4 is 0 Å². The van der Waals surface area contributed by atoms with Crippen LogP contribution in [0.3, 0.4) is 0 Å². The number of hydrogen-bond donors (Lipinski definition) is 0. The lowest BCUT2D eigenvalue weighted by atomic mass is 10.0. The van der Waals surface area contributed by atoms with E-state index in [1.165, 1.54) is 19.3 Å². The summed E-state index contributed by atoms with van der Waals surface area (Å²) in [7, 11) is 0. The first-order valence-electron chi connectivity index (χ1n) is 9.56. The molecule has 0 bridgehead atoms. The van der Waals surface area contributed by atoms with Crippen molar-refractivity contribution in [2.24, 2.45) is 0 Å². The Hall–Kier alpha value is -2.18. The standard InChI is InChI=1S/C21H24N4OS/c1-14(25-8-4-3-5-9-25)20(26)12-19-11-18-10-16(6-7-17(18)13-22-19)21-24-23-15(2)27-21/h6-7,10-11,13-14H,3-5,8-9,12H2,1-2H3/t14-/m0/s1. The van der Waals surface area contributed by atoms with Gasteiger partial charge in [0, 0.05) is 22.8 Å². The molecule has 0 radical (unpaired) electrons. The molecule has 3 heterocycles. The van der Waals surface area contributed by atoms with Gasteiger partial charge in [-0.15, -0.1) is 10.2 Å². The number of fused-ring (bicyclic) bond motifs is 1. The third kappa shape index (κ3) is 4.06. The zero-order valence-electron chi connectivity index (χ0n) is 15.8. The lowest BCUT2D eigenvalue weighted by Gasteiger charge is -2.31. The summed E-state index contributed by atoms with van der Waals surface area (Å²) < 4.78 is 0. The van der Waals surface area contributed by atoms with Gasteiger partial charge in [0.2, 0.25) is 0 Å². The highest BCUT2D eigenvalue weighted by Crippen LogP contribution is 2.27. The van der Waals surface area contributed by atoms with Gasteiger partial charge in [0.15, 0.2) is 5.78 Å². The van der Waals surface area contributed by atoms with Crippen LogP contribution in [0.15, 0.2) is 30.5 Å². The third-order valence-electron chi connectivity index (χ3n) is 5.31. The second-order valence-electron chi connectivity index (χ2n) is 7.28. The van der Waals surface area contributed by atoms with Crippen LogP contribution in [-0.4, -0.2) is 45.0 Å². The van der Waals surface area contributed by atoms with Crippen LogP contribution in [0.2, 0.25) is 0 Å². The van der Waals surface area contributed by atoms with Gasteiger partial charge in [0.1, 0.15) is 10.0 Å². The number of pyridine rings is 1. The highest BCUT2D eigenvalue weighted by atomic mass is 32.1. The van der Waals surface area contributed by atoms with Crippen LogP contribution in [0, 0.1) is 6.92 Å². The van der Waals surface area contributed by atoms with E-state index in [2.05, 4.69) is 32.2 Å². The smallest absolute Gasteiger partial charge is 0.155 e. The topological polar surface area (TPSA) is 59.0 Å². The van der Waals surface area contributed by atoms with E-state index in [9.17, 15) is 4.79 Å². The van der Waals surface area contributed by atoms with Crippen molar-refractivity contribution in [1.29, 1.82) is 0 Å². The molecule has 140 valence electrons. The minimum absolute atomic E-state index is 0.0292. The monoisotopic (exact) mass is 380 g/mol. The number of hydrogen-bond acceptors (Lipinski definition) is 6. The Morgan fingerprint density at radius 2 is 1.96 bits per heavy atom. The molecule has 1 aliphatic rings. The average Bonchev–Trinajstić information content (AvgIpc) is 3.14. The number of nitrogens with zero attached hydrogens (tertiary/aromatic N) is 4. The molecular formula is C21H24N4OS. The number of carbonyl (C=O) groups is 1. The maximum atomic E-state index is 12.7. The maximum Gasteiger partial charge on any atom is 0.155 e. The first kappa shape index (κ1) is 18.2. The molecule has 1 aliphatic heterocycles. The Labute approximate surface area is 163 Å². The summed E-state index contributed by atoms with van der Waals surface area (Å²) in [6.07, 6.45) is 5.91. The molecule has 1 atom stereocenters. The Morgan fingerprint density at radius 3 is 2.70 bits per heavy atom. The number of aromatic nitrogens is 3. The Balaban J connectivity index is 1.54. The van der Waals surface area contributed by atoms with Crippen molar-refractivity contribution < 1.29 is 4.79 Å². The van der Waals surface area contributed by atoms with E-state index >= 15 is 0 Å². The average molecular weight is 381 g/mol. The number of benzene rings is 1. The summed E-state index contributed by atoms with van der Waals surface area (Å²) in [6.45, 7) is 6.05. The first-order valence-corrected chi connectivity index (χ1v) is 10.4. The van der Waals surface area contributed by atoms with Gasteiger partial charge in [-0.3, -0.25) is 14.7 Å². The predicted molar refractivity (Wildman–Crippen MR) is 109 cm³/mol. The van der Waals surface area contributed by atoms with Crippen molar-refractivity contribution >= 4 is 27.9 Å². The van der Waals surface area contributed by atoms with E-state index in [-0.39, 0.29) is 11.8 Å². The number of ketones is 1. The number of rotatable bonds is 5. The molecular weight excluding hydrogens is 356 g/mol. The van der Waals surface area contributed by atoms with E-state index in [0.29, 0.717) is 6.42 Å². The largest absolute Gasteiger partial charge is 0.298 e. The van der Waals surface area contributed by atoms with E-state index in [0.717, 1.165) is 45.1 Å². The van der Waals surface area contributed by atoms with Gasteiger partial charge in [-0.1, -0.05) is 29.9 Å². The lowest BCUT2D eigenvalue weighted by molar-refractivity contribution is -0.123. The fourth-order valence-electron chi connectivity index (χ4n) is 3.66. The number of aryl methyl sites for hydroxylation is 1. The van der Waals surface area contributed by atoms with Gasteiger partial charge in [-0.2, -0.15) is 0 Å². The normalized spacial score (nSPS) is 16.5. The molecule has 3 aromatic rings. The van der Waals surface area contributed by atoms with Gasteiger partial charge in [-0.25, -0.2) is 0 Å². The molecule has 0 N–H and O–H groups in total. The third-order valence-corrected chi connectivity index (χ3v) is 6.20. The number of Topliss-reactive ketones (excluding diaryl/α,β-unsaturated/α-hetero) is 1. The molecule has 0 spiro atoms. The highest BCUT2D eigenvalue weighted by Gasteiger charge is 2.23. The van der Waals surface area contributed by atoms with E-state index in [1.54, 1.807) is 11.3 Å². The zero-order chi connectivity index (χ0) is 18.8. The predicted octanol–water partition coefficient (Wildman–Crippen LogP) is 4.05. The highest BCUT2D eigenvalue weighted by molar-refractivity contribution is 7.14. The minimum Gasteiger partial charge on any atom is -0.298 e. The molecule has 0 saturated carbocycles. The Kier molecular flexibility index (Phi) is 5.27. The molecule has 0 aliphatic carbocycles. The molecule has 1 fully saturated rings. The molecule has 1 aromatic carbocycles. The maximum absolute atomic E-state index is 12.7. The van der Waals surface area contributed by atoms with Crippen molar-refractivity contribution in [2.75, 3.05) is 13.1 Å². The van der Waals surface area contributed by atoms with Crippen molar-refractivity contribution in [2.45, 2.75) is 45.6 Å². The molecule has 0 unspecified atom stereocenters. The second-order valence-corrected chi connectivity index (χ2v) is 8.46. The van der Waals surface area contributed by atoms with Crippen molar-refractivity contribution in [3.8, 4) is 10.6 Å². The van der Waals surface area contributed by atoms with Crippen molar-refractivity contribution in [1.82, 2.24) is 20.1 Å². The fourth-order valence-corrected chi connectivity index (χ4v) is 4.35. The van der Waals surface area contributed by atoms with Crippen molar-refractivity contribution in [3.05, 3.63) is 41.2 Å². The summed E-state index contributed by atoms with van der Waals surface area (Å²) in [5, 5.41) is 12.4. The van der Waals surface area contributed by atoms with Gasteiger partial charge >= 0.3 is 0 Å². The molecule has 6 heteroatoms. The first-order chi connectivity index (χ1) is 13.1. The molecule has 0 amide bonds. The van der Waals surface area contributed by atoms with E-state index in [4.69, 9.17) is 0 Å². The van der Waals surface area contributed by atoms with Crippen LogP contribution >= 0.6 is 11.3 Å². The number of piperidine rings is 1. The lowest BCUT2D eigenvalue weighted by Crippen LogP contribution is -2.42. The van der Waals surface area contributed by atoms with E-state index < -0.39 is 0 Å². The summed E-state index contributed by atoms with van der Waals surface area (Å²) in [4.78, 5) is 19.6. The van der Waals surface area contributed by atoms with Crippen LogP contribution in [0.25, 0.3) is 21.3 Å². The van der Waals surface area contributed by atoms with Gasteiger partial charge < -0.3 is 0 Å². The van der Waals surface area contributed by atoms with Crippen LogP contribution in [-0.2, 0) is 11.2 Å². The summed E-state index contributed by atoms with van der Waals surface area (Å²) in [6, 6.07) is 8.22. The quantitative estimate of drug-likeness (QED) is 0.668. The molecule has 27 heavy (non-hydrogen) atoms.